The van der Waals surface area contributed by atoms with Gasteiger partial charge in [-0.05, 0) is 39.9 Å². The molecule has 0 N–H and O–H groups in total. The van der Waals surface area contributed by atoms with E-state index in [1.165, 1.54) is 22.3 Å². The van der Waals surface area contributed by atoms with Crippen molar-refractivity contribution in [3.63, 3.8) is 0 Å². The van der Waals surface area contributed by atoms with Gasteiger partial charge in [0.05, 0.1) is 6.54 Å². The molecule has 5 rings (SSSR count). The summed E-state index contributed by atoms with van der Waals surface area (Å²) in [6.07, 6.45) is -0.336. The van der Waals surface area contributed by atoms with E-state index in [0.29, 0.717) is 13.2 Å². The van der Waals surface area contributed by atoms with Gasteiger partial charge < -0.3 is 9.53 Å². The van der Waals surface area contributed by atoms with Crippen LogP contribution in [0.15, 0.2) is 109 Å². The van der Waals surface area contributed by atoms with E-state index in [2.05, 4.69) is 36.4 Å². The van der Waals surface area contributed by atoms with Crippen LogP contribution in [0.5, 0.6) is 0 Å². The van der Waals surface area contributed by atoms with Crippen LogP contribution < -0.4 is 4.90 Å². The van der Waals surface area contributed by atoms with Gasteiger partial charge in [-0.15, -0.1) is 0 Å². The summed E-state index contributed by atoms with van der Waals surface area (Å²) < 4.78 is 5.92. The van der Waals surface area contributed by atoms with E-state index in [4.69, 9.17) is 9.53 Å². The maximum atomic E-state index is 13.2. The first-order valence-corrected chi connectivity index (χ1v) is 10.8. The predicted molar refractivity (Wildman–Crippen MR) is 131 cm³/mol. The van der Waals surface area contributed by atoms with Crippen LogP contribution in [-0.4, -0.2) is 19.5 Å². The minimum Gasteiger partial charge on any atom is -0.448 e. The summed E-state index contributed by atoms with van der Waals surface area (Å²) in [5.74, 6) is 0.0469. The average molecular weight is 436 g/mol. The normalized spacial score (nSPS) is 11.5. The molecule has 4 aromatic carbocycles. The first-order chi connectivity index (χ1) is 16.3. The number of ether oxygens (including phenoxy) is 1. The van der Waals surface area contributed by atoms with Crippen molar-refractivity contribution in [2.75, 3.05) is 11.5 Å². The van der Waals surface area contributed by atoms with Gasteiger partial charge in [0.2, 0.25) is 0 Å². The van der Waals surface area contributed by atoms with Crippen LogP contribution in [0, 0.1) is 0 Å². The number of fused-ring (bicyclic) bond motifs is 3. The Bertz CT molecular complexity index is 1160. The molecule has 0 bridgehead atoms. The largest absolute Gasteiger partial charge is 0.448 e. The molecule has 0 aliphatic heterocycles. The fourth-order valence-corrected chi connectivity index (χ4v) is 4.31. The zero-order valence-electron chi connectivity index (χ0n) is 18.3. The molecule has 1 aliphatic rings. The average Bonchev–Trinajstić information content (AvgIpc) is 3.22. The van der Waals surface area contributed by atoms with E-state index in [1.807, 2.05) is 79.6 Å². The summed E-state index contributed by atoms with van der Waals surface area (Å²) in [6, 6.07) is 36.4. The van der Waals surface area contributed by atoms with Crippen LogP contribution >= 0.6 is 0 Å². The maximum absolute atomic E-state index is 13.2. The van der Waals surface area contributed by atoms with Crippen molar-refractivity contribution in [1.82, 2.24) is 0 Å². The molecule has 0 spiro atoms. The Hall–Kier alpha value is -4.18. The Balaban J connectivity index is 0.00000126. The number of para-hydroxylation sites is 1. The first kappa shape index (κ1) is 22.0. The zero-order valence-corrected chi connectivity index (χ0v) is 18.3. The molecular formula is C29H25NO3. The van der Waals surface area contributed by atoms with Gasteiger partial charge in [-0.1, -0.05) is 97.1 Å². The van der Waals surface area contributed by atoms with Gasteiger partial charge in [0.1, 0.15) is 13.4 Å². The first-order valence-electron chi connectivity index (χ1n) is 10.8. The summed E-state index contributed by atoms with van der Waals surface area (Å²) in [4.78, 5) is 22.9. The van der Waals surface area contributed by atoms with Crippen molar-refractivity contribution in [2.45, 2.75) is 12.5 Å². The van der Waals surface area contributed by atoms with Crippen LogP contribution in [0.1, 0.15) is 22.6 Å². The summed E-state index contributed by atoms with van der Waals surface area (Å²) in [5, 5.41) is 0. The number of amides is 1. The molecule has 164 valence electrons. The molecule has 0 saturated carbocycles. The molecule has 33 heavy (non-hydrogen) atoms. The van der Waals surface area contributed by atoms with E-state index in [-0.39, 0.29) is 12.0 Å². The lowest BCUT2D eigenvalue weighted by atomic mass is 9.98. The number of rotatable bonds is 5. The standard InChI is InChI=1S/C28H23NO2.CH2O/c30-28(29(22-13-5-2-6-14-22)19-21-11-3-1-4-12-21)31-20-27-25-17-9-7-15-23(25)24-16-8-10-18-26(24)27;1-2/h1-18,27H,19-20H2;1H2. The van der Waals surface area contributed by atoms with Crippen LogP contribution in [0.3, 0.4) is 0 Å². The van der Waals surface area contributed by atoms with Gasteiger partial charge in [-0.25, -0.2) is 4.79 Å². The molecule has 4 nitrogen and oxygen atoms in total. The number of hydrogen-bond donors (Lipinski definition) is 0. The highest BCUT2D eigenvalue weighted by Gasteiger charge is 2.30. The number of hydrogen-bond acceptors (Lipinski definition) is 3. The second-order valence-electron chi connectivity index (χ2n) is 7.71. The number of nitrogens with zero attached hydrogens (tertiary/aromatic N) is 1. The van der Waals surface area contributed by atoms with Crippen LogP contribution in [0.2, 0.25) is 0 Å². The van der Waals surface area contributed by atoms with E-state index in [1.54, 1.807) is 4.90 Å². The number of carbonyl (C=O) groups is 2. The molecule has 0 unspecified atom stereocenters. The van der Waals surface area contributed by atoms with E-state index < -0.39 is 0 Å². The smallest absolute Gasteiger partial charge is 0.414 e. The zero-order chi connectivity index (χ0) is 23.0. The molecule has 4 aromatic rings. The molecule has 1 aliphatic carbocycles. The fourth-order valence-electron chi connectivity index (χ4n) is 4.31. The highest BCUT2D eigenvalue weighted by atomic mass is 16.6. The quantitative estimate of drug-likeness (QED) is 0.361. The summed E-state index contributed by atoms with van der Waals surface area (Å²) in [5.41, 5.74) is 6.76. The van der Waals surface area contributed by atoms with Gasteiger partial charge in [-0.2, -0.15) is 0 Å². The maximum Gasteiger partial charge on any atom is 0.414 e. The van der Waals surface area contributed by atoms with E-state index in [0.717, 1.165) is 11.3 Å². The molecule has 0 atom stereocenters. The van der Waals surface area contributed by atoms with Gasteiger partial charge in [0.25, 0.3) is 0 Å². The topological polar surface area (TPSA) is 46.6 Å². The molecule has 0 heterocycles. The lowest BCUT2D eigenvalue weighted by Gasteiger charge is -2.24. The molecule has 0 fully saturated rings. The Kier molecular flexibility index (Phi) is 6.96. The molecule has 4 heteroatoms. The van der Waals surface area contributed by atoms with Gasteiger partial charge in [0.15, 0.2) is 0 Å². The van der Waals surface area contributed by atoms with Crippen molar-refractivity contribution < 1.29 is 14.3 Å². The van der Waals surface area contributed by atoms with Crippen molar-refractivity contribution in [2.24, 2.45) is 0 Å². The third-order valence-corrected chi connectivity index (χ3v) is 5.81. The molecule has 0 aromatic heterocycles. The van der Waals surface area contributed by atoms with Crippen molar-refractivity contribution in [3.8, 4) is 11.1 Å². The Labute approximate surface area is 194 Å². The van der Waals surface area contributed by atoms with Gasteiger partial charge in [0, 0.05) is 11.6 Å². The minimum absolute atomic E-state index is 0.0469. The van der Waals surface area contributed by atoms with E-state index >= 15 is 0 Å². The Morgan fingerprint density at radius 3 is 1.76 bits per heavy atom. The fraction of sp³-hybridized carbons (Fsp3) is 0.103. The highest BCUT2D eigenvalue weighted by Crippen LogP contribution is 2.44. The van der Waals surface area contributed by atoms with Gasteiger partial charge in [-0.3, -0.25) is 4.90 Å². The summed E-state index contributed by atoms with van der Waals surface area (Å²) in [7, 11) is 0. The minimum atomic E-state index is -0.336. The second-order valence-corrected chi connectivity index (χ2v) is 7.71. The summed E-state index contributed by atoms with van der Waals surface area (Å²) in [6.45, 7) is 2.77. The molecule has 0 saturated heterocycles. The third-order valence-electron chi connectivity index (χ3n) is 5.81. The molecule has 0 radical (unpaired) electrons. The van der Waals surface area contributed by atoms with Crippen molar-refractivity contribution >= 4 is 18.6 Å². The number of carbonyl (C=O) groups excluding carboxylic acids is 2. The van der Waals surface area contributed by atoms with Gasteiger partial charge >= 0.3 is 6.09 Å². The predicted octanol–water partition coefficient (Wildman–Crippen LogP) is 6.46. The van der Waals surface area contributed by atoms with Crippen LogP contribution in [0.4, 0.5) is 10.5 Å². The lowest BCUT2D eigenvalue weighted by molar-refractivity contribution is -0.0980. The van der Waals surface area contributed by atoms with Crippen molar-refractivity contribution in [3.05, 3.63) is 126 Å². The third kappa shape index (κ3) is 4.70. The van der Waals surface area contributed by atoms with E-state index in [9.17, 15) is 4.79 Å². The molecule has 1 amide bonds. The number of anilines is 1. The SMILES string of the molecule is C=O.O=C(OCC1c2ccccc2-c2ccccc21)N(Cc1ccccc1)c1ccccc1. The second kappa shape index (κ2) is 10.4. The highest BCUT2D eigenvalue weighted by molar-refractivity contribution is 5.87. The van der Waals surface area contributed by atoms with Crippen molar-refractivity contribution in [1.29, 1.82) is 0 Å². The van der Waals surface area contributed by atoms with Crippen LogP contribution in [-0.2, 0) is 16.1 Å². The molecular weight excluding hydrogens is 410 g/mol. The number of benzene rings is 4. The summed E-state index contributed by atoms with van der Waals surface area (Å²) >= 11 is 0. The monoisotopic (exact) mass is 435 g/mol. The Morgan fingerprint density at radius 2 is 1.18 bits per heavy atom. The lowest BCUT2D eigenvalue weighted by Crippen LogP contribution is -2.32. The van der Waals surface area contributed by atoms with Crippen LogP contribution in [0.25, 0.3) is 11.1 Å². The Morgan fingerprint density at radius 1 is 0.697 bits per heavy atom.